The van der Waals surface area contributed by atoms with Gasteiger partial charge in [-0.2, -0.15) is 0 Å². The third kappa shape index (κ3) is 2.20. The molecule has 4 nitrogen and oxygen atoms in total. The normalized spacial score (nSPS) is 16.8. The van der Waals surface area contributed by atoms with Crippen molar-refractivity contribution in [2.24, 2.45) is 0 Å². The molecule has 0 atom stereocenters. The van der Waals surface area contributed by atoms with Crippen molar-refractivity contribution >= 4 is 11.9 Å². The molecule has 1 aliphatic carbocycles. The molecular weight excluding hydrogens is 237 g/mol. The number of halogens is 1. The Hall–Kier alpha value is -1.91. The standard InChI is InChI=1S/C13H14FNO3/c1-8-5-9(7-10(14)6-8)11(16)15-13(12(17)18)3-2-4-13/h5-7H,2-4H2,1H3,(H,15,16)(H,17,18). The molecule has 5 heteroatoms. The van der Waals surface area contributed by atoms with Crippen molar-refractivity contribution in [3.63, 3.8) is 0 Å². The van der Waals surface area contributed by atoms with Crippen molar-refractivity contribution in [2.45, 2.75) is 31.7 Å². The van der Waals surface area contributed by atoms with E-state index in [1.807, 2.05) is 0 Å². The first-order chi connectivity index (χ1) is 8.43. The highest BCUT2D eigenvalue weighted by Gasteiger charge is 2.45. The van der Waals surface area contributed by atoms with Crippen molar-refractivity contribution < 1.29 is 19.1 Å². The Labute approximate surface area is 104 Å². The zero-order valence-corrected chi connectivity index (χ0v) is 10.00. The number of hydrogen-bond acceptors (Lipinski definition) is 2. The summed E-state index contributed by atoms with van der Waals surface area (Å²) in [5.41, 5.74) is -0.393. The Morgan fingerprint density at radius 3 is 2.44 bits per heavy atom. The number of nitrogens with one attached hydrogen (secondary N) is 1. The average Bonchev–Trinajstić information content (AvgIpc) is 2.21. The number of carboxylic acid groups (broad SMARTS) is 1. The number of aliphatic carboxylic acids is 1. The third-order valence-electron chi connectivity index (χ3n) is 3.27. The second-order valence-corrected chi connectivity index (χ2v) is 4.71. The van der Waals surface area contributed by atoms with Crippen LogP contribution in [0.2, 0.25) is 0 Å². The van der Waals surface area contributed by atoms with Crippen molar-refractivity contribution in [1.82, 2.24) is 5.32 Å². The zero-order chi connectivity index (χ0) is 13.3. The topological polar surface area (TPSA) is 66.4 Å². The maximum Gasteiger partial charge on any atom is 0.329 e. The van der Waals surface area contributed by atoms with Crippen molar-refractivity contribution in [1.29, 1.82) is 0 Å². The van der Waals surface area contributed by atoms with E-state index < -0.39 is 23.2 Å². The molecule has 0 radical (unpaired) electrons. The van der Waals surface area contributed by atoms with Gasteiger partial charge in [0.2, 0.25) is 0 Å². The lowest BCUT2D eigenvalue weighted by Gasteiger charge is -2.38. The van der Waals surface area contributed by atoms with Gasteiger partial charge in [-0.1, -0.05) is 0 Å². The van der Waals surface area contributed by atoms with Crippen LogP contribution in [-0.2, 0) is 4.79 Å². The van der Waals surface area contributed by atoms with E-state index in [9.17, 15) is 14.0 Å². The summed E-state index contributed by atoms with van der Waals surface area (Å²) in [6.07, 6.45) is 1.61. The molecule has 1 aromatic carbocycles. The Bertz CT molecular complexity index is 489. The second-order valence-electron chi connectivity index (χ2n) is 4.71. The van der Waals surface area contributed by atoms with Crippen LogP contribution in [0, 0.1) is 12.7 Å². The Kier molecular flexibility index (Phi) is 3.07. The van der Waals surface area contributed by atoms with Gasteiger partial charge in [0.1, 0.15) is 11.4 Å². The highest BCUT2D eigenvalue weighted by Crippen LogP contribution is 2.32. The van der Waals surface area contributed by atoms with Gasteiger partial charge in [-0.15, -0.1) is 0 Å². The fourth-order valence-electron chi connectivity index (χ4n) is 2.08. The summed E-state index contributed by atoms with van der Waals surface area (Å²) in [5, 5.41) is 11.6. The van der Waals surface area contributed by atoms with Crippen molar-refractivity contribution in [3.8, 4) is 0 Å². The smallest absolute Gasteiger partial charge is 0.329 e. The van der Waals surface area contributed by atoms with E-state index in [4.69, 9.17) is 5.11 Å². The van der Waals surface area contributed by atoms with Crippen molar-refractivity contribution in [3.05, 3.63) is 35.1 Å². The predicted molar refractivity (Wildman–Crippen MR) is 62.8 cm³/mol. The van der Waals surface area contributed by atoms with E-state index in [2.05, 4.69) is 5.32 Å². The predicted octanol–water partition coefficient (Wildman–Crippen LogP) is 1.87. The molecule has 0 bridgehead atoms. The van der Waals surface area contributed by atoms with Gasteiger partial charge >= 0.3 is 5.97 Å². The molecule has 0 heterocycles. The van der Waals surface area contributed by atoms with E-state index in [1.165, 1.54) is 12.1 Å². The number of carbonyl (C=O) groups is 2. The van der Waals surface area contributed by atoms with Gasteiger partial charge in [0.25, 0.3) is 5.91 Å². The van der Waals surface area contributed by atoms with E-state index in [0.717, 1.165) is 12.5 Å². The molecule has 1 aromatic rings. The van der Waals surface area contributed by atoms with Gasteiger partial charge in [0, 0.05) is 5.56 Å². The quantitative estimate of drug-likeness (QED) is 0.861. The highest BCUT2D eigenvalue weighted by atomic mass is 19.1. The second kappa shape index (κ2) is 4.40. The van der Waals surface area contributed by atoms with Gasteiger partial charge in [-0.25, -0.2) is 9.18 Å². The number of carboxylic acids is 1. The lowest BCUT2D eigenvalue weighted by Crippen LogP contribution is -2.59. The van der Waals surface area contributed by atoms with Gasteiger partial charge in [0.15, 0.2) is 0 Å². The molecule has 2 N–H and O–H groups in total. The molecule has 1 aliphatic rings. The van der Waals surface area contributed by atoms with Gasteiger partial charge in [-0.3, -0.25) is 4.79 Å². The Balaban J connectivity index is 2.19. The Morgan fingerprint density at radius 1 is 1.33 bits per heavy atom. The lowest BCUT2D eigenvalue weighted by atomic mass is 9.76. The lowest BCUT2D eigenvalue weighted by molar-refractivity contribution is -0.148. The molecule has 0 aliphatic heterocycles. The monoisotopic (exact) mass is 251 g/mol. The molecule has 1 amide bonds. The number of benzene rings is 1. The minimum Gasteiger partial charge on any atom is -0.480 e. The molecule has 1 saturated carbocycles. The van der Waals surface area contributed by atoms with E-state index in [0.29, 0.717) is 18.4 Å². The molecule has 0 aromatic heterocycles. The number of carbonyl (C=O) groups excluding carboxylic acids is 1. The fourth-order valence-corrected chi connectivity index (χ4v) is 2.08. The number of amides is 1. The van der Waals surface area contributed by atoms with Crippen LogP contribution in [0.25, 0.3) is 0 Å². The maximum atomic E-state index is 13.2. The summed E-state index contributed by atoms with van der Waals surface area (Å²) in [6.45, 7) is 1.68. The van der Waals surface area contributed by atoms with Crippen LogP contribution >= 0.6 is 0 Å². The summed E-state index contributed by atoms with van der Waals surface area (Å²) >= 11 is 0. The van der Waals surface area contributed by atoms with Gasteiger partial charge < -0.3 is 10.4 Å². The summed E-state index contributed by atoms with van der Waals surface area (Å²) in [4.78, 5) is 23.0. The molecular formula is C13H14FNO3. The molecule has 0 spiro atoms. The van der Waals surface area contributed by atoms with Crippen LogP contribution in [0.15, 0.2) is 18.2 Å². The first-order valence-corrected chi connectivity index (χ1v) is 5.76. The first kappa shape index (κ1) is 12.5. The molecule has 18 heavy (non-hydrogen) atoms. The number of hydrogen-bond donors (Lipinski definition) is 2. The summed E-state index contributed by atoms with van der Waals surface area (Å²) in [7, 11) is 0. The van der Waals surface area contributed by atoms with Crippen molar-refractivity contribution in [2.75, 3.05) is 0 Å². The maximum absolute atomic E-state index is 13.2. The number of rotatable bonds is 3. The molecule has 96 valence electrons. The van der Waals surface area contributed by atoms with Crippen LogP contribution in [0.5, 0.6) is 0 Å². The van der Waals surface area contributed by atoms with E-state index >= 15 is 0 Å². The summed E-state index contributed by atoms with van der Waals surface area (Å²) in [5.74, 6) is -2.08. The van der Waals surface area contributed by atoms with E-state index in [1.54, 1.807) is 6.92 Å². The minimum absolute atomic E-state index is 0.153. The molecule has 1 fully saturated rings. The summed E-state index contributed by atoms with van der Waals surface area (Å²) in [6, 6.07) is 3.95. The molecule has 0 saturated heterocycles. The van der Waals surface area contributed by atoms with E-state index in [-0.39, 0.29) is 5.56 Å². The van der Waals surface area contributed by atoms with Gasteiger partial charge in [-0.05, 0) is 49.9 Å². The van der Waals surface area contributed by atoms with Crippen LogP contribution < -0.4 is 5.32 Å². The molecule has 0 unspecified atom stereocenters. The third-order valence-corrected chi connectivity index (χ3v) is 3.27. The Morgan fingerprint density at radius 2 is 2.00 bits per heavy atom. The fraction of sp³-hybridized carbons (Fsp3) is 0.385. The average molecular weight is 251 g/mol. The van der Waals surface area contributed by atoms with Crippen LogP contribution in [0.1, 0.15) is 35.2 Å². The largest absolute Gasteiger partial charge is 0.480 e. The van der Waals surface area contributed by atoms with Crippen LogP contribution in [0.3, 0.4) is 0 Å². The zero-order valence-electron chi connectivity index (χ0n) is 10.00. The first-order valence-electron chi connectivity index (χ1n) is 5.76. The highest BCUT2D eigenvalue weighted by molar-refractivity contribution is 5.98. The minimum atomic E-state index is -1.17. The van der Waals surface area contributed by atoms with Crippen LogP contribution in [0.4, 0.5) is 4.39 Å². The number of aryl methyl sites for hydroxylation is 1. The summed E-state index contributed by atoms with van der Waals surface area (Å²) < 4.78 is 13.2. The van der Waals surface area contributed by atoms with Gasteiger partial charge in [0.05, 0.1) is 0 Å². The molecule has 2 rings (SSSR count). The van der Waals surface area contributed by atoms with Crippen LogP contribution in [-0.4, -0.2) is 22.5 Å². The SMILES string of the molecule is Cc1cc(F)cc(C(=O)NC2(C(=O)O)CCC2)c1.